The molecule has 2 aliphatic rings. The van der Waals surface area contributed by atoms with Crippen molar-refractivity contribution in [1.82, 2.24) is 9.62 Å². The van der Waals surface area contributed by atoms with Gasteiger partial charge in [-0.3, -0.25) is 4.79 Å². The highest BCUT2D eigenvalue weighted by atomic mass is 35.5. The van der Waals surface area contributed by atoms with Crippen molar-refractivity contribution in [1.29, 1.82) is 0 Å². The lowest BCUT2D eigenvalue weighted by Gasteiger charge is -2.32. The smallest absolute Gasteiger partial charge is 0.243 e. The molecule has 1 atom stereocenters. The number of nitrogens with zero attached hydrogens (tertiary/aromatic N) is 1. The predicted molar refractivity (Wildman–Crippen MR) is 98.1 cm³/mol. The summed E-state index contributed by atoms with van der Waals surface area (Å²) in [6.45, 7) is 2.52. The summed E-state index contributed by atoms with van der Waals surface area (Å²) in [5, 5.41) is 3.53. The van der Waals surface area contributed by atoms with Gasteiger partial charge in [-0.15, -0.1) is 0 Å². The molecule has 0 aromatic heterocycles. The predicted octanol–water partition coefficient (Wildman–Crippen LogP) is 3.11. The van der Waals surface area contributed by atoms with E-state index in [9.17, 15) is 13.2 Å². The summed E-state index contributed by atoms with van der Waals surface area (Å²) in [7, 11) is -3.63. The number of rotatable bonds is 4. The van der Waals surface area contributed by atoms with Gasteiger partial charge in [0.05, 0.1) is 10.8 Å². The van der Waals surface area contributed by atoms with Crippen molar-refractivity contribution >= 4 is 27.5 Å². The van der Waals surface area contributed by atoms with Crippen molar-refractivity contribution in [2.75, 3.05) is 13.1 Å². The number of hydrogen-bond acceptors (Lipinski definition) is 3. The average Bonchev–Trinajstić information content (AvgIpc) is 3.10. The number of sulfonamides is 1. The number of halogens is 1. The Hall–Kier alpha value is -1.11. The van der Waals surface area contributed by atoms with E-state index in [4.69, 9.17) is 11.6 Å². The first-order valence-electron chi connectivity index (χ1n) is 8.94. The lowest BCUT2D eigenvalue weighted by atomic mass is 9.98. The number of benzene rings is 1. The lowest BCUT2D eigenvalue weighted by molar-refractivity contribution is -0.126. The Balaban J connectivity index is 1.71. The van der Waals surface area contributed by atoms with Gasteiger partial charge >= 0.3 is 0 Å². The Morgan fingerprint density at radius 2 is 1.92 bits per heavy atom. The minimum absolute atomic E-state index is 0.00580. The molecule has 3 rings (SSSR count). The number of carbonyl (C=O) groups excluding carboxylic acids is 1. The SMILES string of the molecule is Cc1ccc(S(=O)(=O)N2CCC[C@@H](C(=O)NC3CCCC3)C2)cc1Cl. The van der Waals surface area contributed by atoms with Crippen molar-refractivity contribution in [2.24, 2.45) is 5.92 Å². The highest BCUT2D eigenvalue weighted by molar-refractivity contribution is 7.89. The summed E-state index contributed by atoms with van der Waals surface area (Å²) in [4.78, 5) is 12.7. The van der Waals surface area contributed by atoms with Crippen molar-refractivity contribution in [2.45, 2.75) is 56.4 Å². The third kappa shape index (κ3) is 4.18. The molecule has 0 spiro atoms. The highest BCUT2D eigenvalue weighted by Crippen LogP contribution is 2.27. The second kappa shape index (κ2) is 7.64. The van der Waals surface area contributed by atoms with E-state index in [0.29, 0.717) is 18.0 Å². The van der Waals surface area contributed by atoms with Gasteiger partial charge in [-0.2, -0.15) is 4.31 Å². The Morgan fingerprint density at radius 1 is 1.20 bits per heavy atom. The summed E-state index contributed by atoms with van der Waals surface area (Å²) in [5.74, 6) is -0.279. The number of aryl methyl sites for hydroxylation is 1. The molecule has 1 aromatic rings. The van der Waals surface area contributed by atoms with E-state index in [1.165, 1.54) is 10.4 Å². The molecule has 25 heavy (non-hydrogen) atoms. The zero-order chi connectivity index (χ0) is 18.0. The maximum absolute atomic E-state index is 12.9. The Morgan fingerprint density at radius 3 is 2.60 bits per heavy atom. The molecule has 1 N–H and O–H groups in total. The monoisotopic (exact) mass is 384 g/mol. The number of piperidine rings is 1. The van der Waals surface area contributed by atoms with Crippen LogP contribution in [0.2, 0.25) is 5.02 Å². The number of amides is 1. The first-order chi connectivity index (χ1) is 11.9. The molecule has 7 heteroatoms. The van der Waals surface area contributed by atoms with E-state index in [2.05, 4.69) is 5.32 Å². The quantitative estimate of drug-likeness (QED) is 0.867. The second-order valence-corrected chi connectivity index (χ2v) is 9.45. The van der Waals surface area contributed by atoms with Crippen LogP contribution in [-0.2, 0) is 14.8 Å². The Labute approximate surface area is 154 Å². The molecule has 1 aromatic carbocycles. The summed E-state index contributed by atoms with van der Waals surface area (Å²) in [6.07, 6.45) is 5.81. The van der Waals surface area contributed by atoms with E-state index in [1.54, 1.807) is 12.1 Å². The van der Waals surface area contributed by atoms with Crippen LogP contribution in [0.25, 0.3) is 0 Å². The van der Waals surface area contributed by atoms with Gasteiger partial charge in [0.1, 0.15) is 0 Å². The number of hydrogen-bond donors (Lipinski definition) is 1. The topological polar surface area (TPSA) is 66.5 Å². The third-order valence-corrected chi connectivity index (χ3v) is 7.51. The normalized spacial score (nSPS) is 22.9. The third-order valence-electron chi connectivity index (χ3n) is 5.24. The van der Waals surface area contributed by atoms with E-state index in [1.807, 2.05) is 6.92 Å². The first-order valence-corrected chi connectivity index (χ1v) is 10.8. The molecule has 1 aliphatic heterocycles. The van der Waals surface area contributed by atoms with Crippen LogP contribution in [0.3, 0.4) is 0 Å². The molecular formula is C18H25ClN2O3S. The van der Waals surface area contributed by atoms with Crippen molar-refractivity contribution in [3.8, 4) is 0 Å². The molecule has 1 saturated carbocycles. The number of carbonyl (C=O) groups is 1. The van der Waals surface area contributed by atoms with Crippen LogP contribution in [0, 0.1) is 12.8 Å². The van der Waals surface area contributed by atoms with Gasteiger partial charge in [0.25, 0.3) is 0 Å². The second-order valence-electron chi connectivity index (χ2n) is 7.10. The van der Waals surface area contributed by atoms with E-state index < -0.39 is 10.0 Å². The summed E-state index contributed by atoms with van der Waals surface area (Å²) in [6, 6.07) is 5.05. The van der Waals surface area contributed by atoms with Gasteiger partial charge in [-0.05, 0) is 50.3 Å². The standard InChI is InChI=1S/C18H25ClN2O3S/c1-13-8-9-16(11-17(13)19)25(23,24)21-10-4-5-14(12-21)18(22)20-15-6-2-3-7-15/h8-9,11,14-15H,2-7,10,12H2,1H3,(H,20,22)/t14-/m1/s1. The van der Waals surface area contributed by atoms with Crippen LogP contribution in [0.4, 0.5) is 0 Å². The fourth-order valence-electron chi connectivity index (χ4n) is 3.65. The minimum atomic E-state index is -3.63. The summed E-state index contributed by atoms with van der Waals surface area (Å²) < 4.78 is 27.2. The Kier molecular flexibility index (Phi) is 5.71. The molecular weight excluding hydrogens is 360 g/mol. The molecule has 0 radical (unpaired) electrons. The van der Waals surface area contributed by atoms with Crippen LogP contribution in [-0.4, -0.2) is 37.8 Å². The maximum Gasteiger partial charge on any atom is 0.243 e. The highest BCUT2D eigenvalue weighted by Gasteiger charge is 2.34. The lowest BCUT2D eigenvalue weighted by Crippen LogP contribution is -2.47. The molecule has 1 saturated heterocycles. The van der Waals surface area contributed by atoms with Gasteiger partial charge in [0, 0.05) is 24.2 Å². The maximum atomic E-state index is 12.9. The van der Waals surface area contributed by atoms with E-state index in [-0.39, 0.29) is 29.3 Å². The molecule has 138 valence electrons. The Bertz CT molecular complexity index is 745. The van der Waals surface area contributed by atoms with Gasteiger partial charge in [-0.1, -0.05) is 30.5 Å². The molecule has 0 unspecified atom stereocenters. The average molecular weight is 385 g/mol. The van der Waals surface area contributed by atoms with Crippen molar-refractivity contribution in [3.05, 3.63) is 28.8 Å². The first kappa shape index (κ1) is 18.7. The van der Waals surface area contributed by atoms with E-state index in [0.717, 1.165) is 37.7 Å². The molecule has 0 bridgehead atoms. The summed E-state index contributed by atoms with van der Waals surface area (Å²) in [5.41, 5.74) is 0.841. The fraction of sp³-hybridized carbons (Fsp3) is 0.611. The van der Waals surface area contributed by atoms with Crippen LogP contribution < -0.4 is 5.32 Å². The summed E-state index contributed by atoms with van der Waals surface area (Å²) >= 11 is 6.09. The molecule has 1 amide bonds. The molecule has 5 nitrogen and oxygen atoms in total. The van der Waals surface area contributed by atoms with Crippen molar-refractivity contribution < 1.29 is 13.2 Å². The molecule has 1 aliphatic carbocycles. The van der Waals surface area contributed by atoms with Crippen LogP contribution >= 0.6 is 11.6 Å². The number of nitrogens with one attached hydrogen (secondary N) is 1. The zero-order valence-electron chi connectivity index (χ0n) is 14.5. The molecule has 2 fully saturated rings. The van der Waals surface area contributed by atoms with Crippen LogP contribution in [0.15, 0.2) is 23.1 Å². The fourth-order valence-corrected chi connectivity index (χ4v) is 5.44. The largest absolute Gasteiger partial charge is 0.353 e. The van der Waals surface area contributed by atoms with Gasteiger partial charge in [0.2, 0.25) is 15.9 Å². The van der Waals surface area contributed by atoms with Gasteiger partial charge < -0.3 is 5.32 Å². The van der Waals surface area contributed by atoms with Gasteiger partial charge in [0.15, 0.2) is 0 Å². The minimum Gasteiger partial charge on any atom is -0.353 e. The van der Waals surface area contributed by atoms with E-state index >= 15 is 0 Å². The zero-order valence-corrected chi connectivity index (χ0v) is 16.1. The van der Waals surface area contributed by atoms with Crippen molar-refractivity contribution in [3.63, 3.8) is 0 Å². The van der Waals surface area contributed by atoms with Gasteiger partial charge in [-0.25, -0.2) is 8.42 Å². The van der Waals surface area contributed by atoms with Crippen LogP contribution in [0.1, 0.15) is 44.1 Å². The van der Waals surface area contributed by atoms with Crippen LogP contribution in [0.5, 0.6) is 0 Å². The molecule has 1 heterocycles.